The molecule has 3 aromatic carbocycles. The van der Waals surface area contributed by atoms with Gasteiger partial charge in [0.25, 0.3) is 0 Å². The standard InChI is InChI=1S/C17H15BO3/c1-21-14-9-6-13(7-10-14)16-11-8-12-4-2-3-5-15(12)17(16)18(19)20/h2-11,19-20H,1H3. The summed E-state index contributed by atoms with van der Waals surface area (Å²) < 4.78 is 5.15. The molecule has 3 aromatic rings. The molecule has 0 aromatic heterocycles. The van der Waals surface area contributed by atoms with Crippen molar-refractivity contribution in [3.63, 3.8) is 0 Å². The molecule has 0 unspecified atom stereocenters. The minimum atomic E-state index is -1.52. The maximum atomic E-state index is 9.80. The van der Waals surface area contributed by atoms with Gasteiger partial charge in [-0.15, -0.1) is 0 Å². The van der Waals surface area contributed by atoms with E-state index in [1.54, 1.807) is 7.11 Å². The first-order chi connectivity index (χ1) is 10.2. The molecule has 104 valence electrons. The highest BCUT2D eigenvalue weighted by Gasteiger charge is 2.20. The van der Waals surface area contributed by atoms with Gasteiger partial charge in [-0.2, -0.15) is 0 Å². The molecule has 2 N–H and O–H groups in total. The van der Waals surface area contributed by atoms with Gasteiger partial charge in [-0.1, -0.05) is 48.5 Å². The van der Waals surface area contributed by atoms with Gasteiger partial charge in [0, 0.05) is 0 Å². The van der Waals surface area contributed by atoms with Crippen LogP contribution in [0.5, 0.6) is 5.75 Å². The molecule has 0 atom stereocenters. The van der Waals surface area contributed by atoms with Gasteiger partial charge in [0.2, 0.25) is 0 Å². The Morgan fingerprint density at radius 3 is 2.24 bits per heavy atom. The summed E-state index contributed by atoms with van der Waals surface area (Å²) in [6, 6.07) is 19.1. The van der Waals surface area contributed by atoms with Crippen LogP contribution in [0.2, 0.25) is 0 Å². The number of hydrogen-bond donors (Lipinski definition) is 2. The van der Waals surface area contributed by atoms with Gasteiger partial charge in [0.15, 0.2) is 0 Å². The van der Waals surface area contributed by atoms with E-state index in [4.69, 9.17) is 4.74 Å². The average molecular weight is 278 g/mol. The Balaban J connectivity index is 2.23. The molecule has 0 aliphatic carbocycles. The van der Waals surface area contributed by atoms with E-state index in [1.165, 1.54) is 0 Å². The molecule has 0 aliphatic rings. The molecule has 3 nitrogen and oxygen atoms in total. The fraction of sp³-hybridized carbons (Fsp3) is 0.0588. The summed E-state index contributed by atoms with van der Waals surface area (Å²) in [5.41, 5.74) is 2.26. The summed E-state index contributed by atoms with van der Waals surface area (Å²) in [6.07, 6.45) is 0. The normalized spacial score (nSPS) is 10.6. The fourth-order valence-electron chi connectivity index (χ4n) is 2.60. The van der Waals surface area contributed by atoms with Gasteiger partial charge < -0.3 is 14.8 Å². The zero-order valence-corrected chi connectivity index (χ0v) is 11.7. The lowest BCUT2D eigenvalue weighted by atomic mass is 9.72. The van der Waals surface area contributed by atoms with Crippen molar-refractivity contribution in [2.75, 3.05) is 7.11 Å². The molecule has 0 radical (unpaired) electrons. The van der Waals surface area contributed by atoms with Crippen molar-refractivity contribution in [3.8, 4) is 16.9 Å². The van der Waals surface area contributed by atoms with Crippen LogP contribution in [-0.4, -0.2) is 24.3 Å². The third-order valence-electron chi connectivity index (χ3n) is 3.63. The number of benzene rings is 3. The first-order valence-electron chi connectivity index (χ1n) is 6.73. The van der Waals surface area contributed by atoms with E-state index in [2.05, 4.69) is 0 Å². The molecule has 0 spiro atoms. The predicted octanol–water partition coefficient (Wildman–Crippen LogP) is 2.20. The zero-order chi connectivity index (χ0) is 14.8. The number of hydrogen-bond acceptors (Lipinski definition) is 3. The lowest BCUT2D eigenvalue weighted by molar-refractivity contribution is 0.415. The van der Waals surface area contributed by atoms with E-state index in [0.717, 1.165) is 27.6 Å². The lowest BCUT2D eigenvalue weighted by Gasteiger charge is -2.13. The molecule has 0 fully saturated rings. The van der Waals surface area contributed by atoms with Crippen LogP contribution < -0.4 is 10.2 Å². The first kappa shape index (κ1) is 13.7. The maximum absolute atomic E-state index is 9.80. The second-order valence-corrected chi connectivity index (χ2v) is 4.85. The van der Waals surface area contributed by atoms with Crippen molar-refractivity contribution in [1.29, 1.82) is 0 Å². The predicted molar refractivity (Wildman–Crippen MR) is 85.8 cm³/mol. The molecule has 0 bridgehead atoms. The molecule has 3 rings (SSSR count). The number of methoxy groups -OCH3 is 1. The SMILES string of the molecule is COc1ccc(-c2ccc3ccccc3c2B(O)O)cc1. The molecule has 4 heteroatoms. The Bertz CT molecular complexity index is 767. The monoisotopic (exact) mass is 278 g/mol. The summed E-state index contributed by atoms with van der Waals surface area (Å²) in [5, 5.41) is 21.4. The molecule has 0 heterocycles. The zero-order valence-electron chi connectivity index (χ0n) is 11.7. The Hall–Kier alpha value is -2.30. The van der Waals surface area contributed by atoms with Gasteiger partial charge in [0.05, 0.1) is 7.11 Å². The fourth-order valence-corrected chi connectivity index (χ4v) is 2.60. The van der Waals surface area contributed by atoms with Crippen molar-refractivity contribution in [2.24, 2.45) is 0 Å². The van der Waals surface area contributed by atoms with Crippen LogP contribution in [-0.2, 0) is 0 Å². The van der Waals surface area contributed by atoms with Gasteiger partial charge in [0.1, 0.15) is 5.75 Å². The Kier molecular flexibility index (Phi) is 3.65. The van der Waals surface area contributed by atoms with Crippen molar-refractivity contribution < 1.29 is 14.8 Å². The Labute approximate surface area is 123 Å². The molecule has 0 saturated carbocycles. The van der Waals surface area contributed by atoms with Crippen molar-refractivity contribution in [2.45, 2.75) is 0 Å². The lowest BCUT2D eigenvalue weighted by Crippen LogP contribution is -2.32. The third-order valence-corrected chi connectivity index (χ3v) is 3.63. The van der Waals surface area contributed by atoms with Crippen LogP contribution in [0.25, 0.3) is 21.9 Å². The van der Waals surface area contributed by atoms with Gasteiger partial charge in [-0.05, 0) is 39.5 Å². The molecule has 0 amide bonds. The van der Waals surface area contributed by atoms with E-state index in [9.17, 15) is 10.0 Å². The maximum Gasteiger partial charge on any atom is 0.489 e. The second-order valence-electron chi connectivity index (χ2n) is 4.85. The summed E-state index contributed by atoms with van der Waals surface area (Å²) in [4.78, 5) is 0. The van der Waals surface area contributed by atoms with Gasteiger partial charge >= 0.3 is 7.12 Å². The number of ether oxygens (including phenoxy) is 1. The topological polar surface area (TPSA) is 49.7 Å². The van der Waals surface area contributed by atoms with Crippen LogP contribution in [0.3, 0.4) is 0 Å². The molecule has 0 saturated heterocycles. The molecular formula is C17H15BO3. The highest BCUT2D eigenvalue weighted by atomic mass is 16.5. The Morgan fingerprint density at radius 2 is 1.57 bits per heavy atom. The summed E-state index contributed by atoms with van der Waals surface area (Å²) in [5.74, 6) is 0.769. The molecule has 21 heavy (non-hydrogen) atoms. The van der Waals surface area contributed by atoms with Gasteiger partial charge in [-0.3, -0.25) is 0 Å². The van der Waals surface area contributed by atoms with Crippen molar-refractivity contribution in [1.82, 2.24) is 0 Å². The van der Waals surface area contributed by atoms with E-state index < -0.39 is 7.12 Å². The van der Waals surface area contributed by atoms with Crippen LogP contribution in [0.4, 0.5) is 0 Å². The summed E-state index contributed by atoms with van der Waals surface area (Å²) in [6.45, 7) is 0. The van der Waals surface area contributed by atoms with E-state index in [-0.39, 0.29) is 0 Å². The van der Waals surface area contributed by atoms with E-state index in [1.807, 2.05) is 60.7 Å². The van der Waals surface area contributed by atoms with Gasteiger partial charge in [-0.25, -0.2) is 0 Å². The van der Waals surface area contributed by atoms with Crippen LogP contribution >= 0.6 is 0 Å². The quantitative estimate of drug-likeness (QED) is 0.722. The smallest absolute Gasteiger partial charge is 0.489 e. The summed E-state index contributed by atoms with van der Waals surface area (Å²) >= 11 is 0. The van der Waals surface area contributed by atoms with Crippen molar-refractivity contribution in [3.05, 3.63) is 60.7 Å². The van der Waals surface area contributed by atoms with Crippen LogP contribution in [0, 0.1) is 0 Å². The minimum Gasteiger partial charge on any atom is -0.497 e. The molecule has 0 aliphatic heterocycles. The van der Waals surface area contributed by atoms with Crippen LogP contribution in [0.15, 0.2) is 60.7 Å². The average Bonchev–Trinajstić information content (AvgIpc) is 2.53. The highest BCUT2D eigenvalue weighted by Crippen LogP contribution is 2.24. The van der Waals surface area contributed by atoms with E-state index in [0.29, 0.717) is 5.46 Å². The van der Waals surface area contributed by atoms with Crippen molar-refractivity contribution >= 4 is 23.4 Å². The Morgan fingerprint density at radius 1 is 0.857 bits per heavy atom. The van der Waals surface area contributed by atoms with Crippen LogP contribution in [0.1, 0.15) is 0 Å². The largest absolute Gasteiger partial charge is 0.497 e. The van der Waals surface area contributed by atoms with E-state index >= 15 is 0 Å². The molecular weight excluding hydrogens is 263 g/mol. The highest BCUT2D eigenvalue weighted by molar-refractivity contribution is 6.64. The third kappa shape index (κ3) is 2.51. The number of rotatable bonds is 3. The second kappa shape index (κ2) is 5.60. The minimum absolute atomic E-state index is 0.526. The summed E-state index contributed by atoms with van der Waals surface area (Å²) in [7, 11) is 0.0988. The number of fused-ring (bicyclic) bond motifs is 1. The first-order valence-corrected chi connectivity index (χ1v) is 6.73.